The number of nitrogens with one attached hydrogen (secondary N) is 1. The Labute approximate surface area is 175 Å². The van der Waals surface area contributed by atoms with Gasteiger partial charge in [0, 0.05) is 18.3 Å². The fourth-order valence-electron chi connectivity index (χ4n) is 3.80. The zero-order chi connectivity index (χ0) is 21.3. The predicted molar refractivity (Wildman–Crippen MR) is 111 cm³/mol. The number of aryl methyl sites for hydroxylation is 2. The Morgan fingerprint density at radius 3 is 2.90 bits per heavy atom. The molecule has 0 saturated heterocycles. The first-order chi connectivity index (χ1) is 14.5. The summed E-state index contributed by atoms with van der Waals surface area (Å²) in [7, 11) is 0. The molecule has 1 aliphatic rings. The fourth-order valence-corrected chi connectivity index (χ4v) is 3.80. The maximum atomic E-state index is 11.7. The minimum atomic E-state index is -0.226. The summed E-state index contributed by atoms with van der Waals surface area (Å²) >= 11 is 0. The molecule has 1 aromatic carbocycles. The van der Waals surface area contributed by atoms with Gasteiger partial charge in [0.05, 0.1) is 22.5 Å². The van der Waals surface area contributed by atoms with E-state index in [0.717, 1.165) is 46.9 Å². The summed E-state index contributed by atoms with van der Waals surface area (Å²) < 4.78 is 7.00. The predicted octanol–water partition coefficient (Wildman–Crippen LogP) is 3.07. The van der Waals surface area contributed by atoms with E-state index in [0.29, 0.717) is 24.3 Å². The molecule has 30 heavy (non-hydrogen) atoms. The van der Waals surface area contributed by atoms with E-state index in [1.165, 1.54) is 5.56 Å². The van der Waals surface area contributed by atoms with Crippen molar-refractivity contribution in [2.75, 3.05) is 6.54 Å². The van der Waals surface area contributed by atoms with Gasteiger partial charge in [-0.25, -0.2) is 14.8 Å². The summed E-state index contributed by atoms with van der Waals surface area (Å²) in [5.41, 5.74) is 7.23. The van der Waals surface area contributed by atoms with Crippen LogP contribution < -0.4 is 5.32 Å². The molecule has 0 unspecified atom stereocenters. The van der Waals surface area contributed by atoms with Crippen molar-refractivity contribution >= 4 is 5.97 Å². The summed E-state index contributed by atoms with van der Waals surface area (Å²) in [6.07, 6.45) is 4.55. The SMILES string of the molecule is Cc1cc(-n2cnc(CNCCc3ccc4c(c3C)COC4=O)c2)nc(C)c1C#N. The molecule has 3 heterocycles. The first-order valence-electron chi connectivity index (χ1n) is 9.88. The lowest BCUT2D eigenvalue weighted by Gasteiger charge is -2.09. The van der Waals surface area contributed by atoms with Crippen molar-refractivity contribution in [2.24, 2.45) is 0 Å². The minimum Gasteiger partial charge on any atom is -0.457 e. The molecule has 0 amide bonds. The second-order valence-corrected chi connectivity index (χ2v) is 7.52. The van der Waals surface area contributed by atoms with Crippen LogP contribution in [0.2, 0.25) is 0 Å². The van der Waals surface area contributed by atoms with Crippen LogP contribution in [0, 0.1) is 32.1 Å². The maximum Gasteiger partial charge on any atom is 0.338 e. The van der Waals surface area contributed by atoms with Crippen molar-refractivity contribution in [3.63, 3.8) is 0 Å². The fraction of sp³-hybridized carbons (Fsp3) is 0.304. The Balaban J connectivity index is 1.36. The number of esters is 1. The van der Waals surface area contributed by atoms with Gasteiger partial charge in [-0.05, 0) is 62.6 Å². The van der Waals surface area contributed by atoms with Crippen LogP contribution in [-0.2, 0) is 24.3 Å². The highest BCUT2D eigenvalue weighted by Gasteiger charge is 2.23. The average Bonchev–Trinajstić information content (AvgIpc) is 3.34. The van der Waals surface area contributed by atoms with Gasteiger partial charge in [0.2, 0.25) is 0 Å². The molecular weight excluding hydrogens is 378 g/mol. The van der Waals surface area contributed by atoms with Gasteiger partial charge >= 0.3 is 5.97 Å². The summed E-state index contributed by atoms with van der Waals surface area (Å²) in [5, 5.41) is 12.6. The third-order valence-corrected chi connectivity index (χ3v) is 5.55. The highest BCUT2D eigenvalue weighted by Crippen LogP contribution is 2.26. The quantitative estimate of drug-likeness (QED) is 0.504. The number of aromatic nitrogens is 3. The maximum absolute atomic E-state index is 11.7. The largest absolute Gasteiger partial charge is 0.457 e. The highest BCUT2D eigenvalue weighted by molar-refractivity contribution is 5.93. The number of carbonyl (C=O) groups is 1. The summed E-state index contributed by atoms with van der Waals surface area (Å²) in [5.74, 6) is 0.531. The molecule has 152 valence electrons. The summed E-state index contributed by atoms with van der Waals surface area (Å²) in [4.78, 5) is 20.6. The van der Waals surface area contributed by atoms with E-state index in [9.17, 15) is 10.1 Å². The molecule has 1 N–H and O–H groups in total. The van der Waals surface area contributed by atoms with Gasteiger partial charge in [-0.15, -0.1) is 0 Å². The number of nitriles is 1. The number of fused-ring (bicyclic) bond motifs is 1. The first-order valence-corrected chi connectivity index (χ1v) is 9.88. The van der Waals surface area contributed by atoms with Crippen LogP contribution >= 0.6 is 0 Å². The Morgan fingerprint density at radius 2 is 2.13 bits per heavy atom. The molecule has 7 nitrogen and oxygen atoms in total. The van der Waals surface area contributed by atoms with Gasteiger partial charge in [0.25, 0.3) is 0 Å². The topological polar surface area (TPSA) is 92.8 Å². The number of ether oxygens (including phenoxy) is 1. The Bertz CT molecular complexity index is 1150. The van der Waals surface area contributed by atoms with Crippen molar-refractivity contribution in [3.8, 4) is 11.9 Å². The number of rotatable bonds is 6. The molecule has 1 aliphatic heterocycles. The van der Waals surface area contributed by atoms with E-state index in [-0.39, 0.29) is 5.97 Å². The van der Waals surface area contributed by atoms with Crippen molar-refractivity contribution < 1.29 is 9.53 Å². The summed E-state index contributed by atoms with van der Waals surface area (Å²) in [6.45, 7) is 7.63. The molecule has 0 bridgehead atoms. The normalized spacial score (nSPS) is 12.5. The standard InChI is InChI=1S/C23H23N5O2/c1-14-8-22(27-16(3)20(14)9-24)28-11-18(26-13-28)10-25-7-6-17-4-5-19-21(15(17)2)12-30-23(19)29/h4-5,8,11,13,25H,6-7,10,12H2,1-3H3. The van der Waals surface area contributed by atoms with Crippen LogP contribution in [-0.4, -0.2) is 27.0 Å². The smallest absolute Gasteiger partial charge is 0.338 e. The summed E-state index contributed by atoms with van der Waals surface area (Å²) in [6, 6.07) is 7.97. The number of carbonyl (C=O) groups excluding carboxylic acids is 1. The highest BCUT2D eigenvalue weighted by atomic mass is 16.5. The minimum absolute atomic E-state index is 0.226. The third-order valence-electron chi connectivity index (χ3n) is 5.55. The van der Waals surface area contributed by atoms with Crippen LogP contribution in [0.1, 0.15) is 49.6 Å². The van der Waals surface area contributed by atoms with Crippen molar-refractivity contribution in [1.82, 2.24) is 19.9 Å². The van der Waals surface area contributed by atoms with E-state index in [1.54, 1.807) is 6.33 Å². The second kappa shape index (κ2) is 8.09. The molecule has 4 rings (SSSR count). The zero-order valence-corrected chi connectivity index (χ0v) is 17.3. The first kappa shape index (κ1) is 19.8. The third kappa shape index (κ3) is 3.70. The molecule has 0 aliphatic carbocycles. The lowest BCUT2D eigenvalue weighted by atomic mass is 9.97. The van der Waals surface area contributed by atoms with E-state index in [4.69, 9.17) is 4.74 Å². The lowest BCUT2D eigenvalue weighted by Crippen LogP contribution is -2.17. The number of hydrogen-bond donors (Lipinski definition) is 1. The van der Waals surface area contributed by atoms with Gasteiger partial charge in [-0.2, -0.15) is 5.26 Å². The van der Waals surface area contributed by atoms with E-state index < -0.39 is 0 Å². The molecule has 0 spiro atoms. The second-order valence-electron chi connectivity index (χ2n) is 7.52. The van der Waals surface area contributed by atoms with Gasteiger partial charge in [0.15, 0.2) is 0 Å². The molecule has 0 fully saturated rings. The van der Waals surface area contributed by atoms with Crippen molar-refractivity contribution in [1.29, 1.82) is 5.26 Å². The van der Waals surface area contributed by atoms with Crippen molar-refractivity contribution in [3.05, 3.63) is 75.5 Å². The number of imidazole rings is 1. The van der Waals surface area contributed by atoms with Gasteiger partial charge in [-0.1, -0.05) is 6.07 Å². The van der Waals surface area contributed by atoms with E-state index in [1.807, 2.05) is 49.7 Å². The Hall–Kier alpha value is -3.50. The van der Waals surface area contributed by atoms with Crippen LogP contribution in [0.5, 0.6) is 0 Å². The number of benzene rings is 1. The van der Waals surface area contributed by atoms with E-state index >= 15 is 0 Å². The van der Waals surface area contributed by atoms with Gasteiger partial charge < -0.3 is 10.1 Å². The lowest BCUT2D eigenvalue weighted by molar-refractivity contribution is 0.0535. The van der Waals surface area contributed by atoms with Crippen LogP contribution in [0.4, 0.5) is 0 Å². The number of cyclic esters (lactones) is 1. The Kier molecular flexibility index (Phi) is 5.34. The average molecular weight is 401 g/mol. The Morgan fingerprint density at radius 1 is 1.30 bits per heavy atom. The molecule has 0 atom stereocenters. The van der Waals surface area contributed by atoms with Crippen LogP contribution in [0.25, 0.3) is 5.82 Å². The van der Waals surface area contributed by atoms with E-state index in [2.05, 4.69) is 21.4 Å². The van der Waals surface area contributed by atoms with Crippen LogP contribution in [0.3, 0.4) is 0 Å². The molecule has 0 saturated carbocycles. The van der Waals surface area contributed by atoms with Crippen molar-refractivity contribution in [2.45, 2.75) is 40.3 Å². The number of hydrogen-bond acceptors (Lipinski definition) is 6. The van der Waals surface area contributed by atoms with Gasteiger partial charge in [0.1, 0.15) is 24.8 Å². The van der Waals surface area contributed by atoms with Crippen LogP contribution in [0.15, 0.2) is 30.7 Å². The monoisotopic (exact) mass is 401 g/mol. The van der Waals surface area contributed by atoms with Gasteiger partial charge in [-0.3, -0.25) is 4.57 Å². The molecular formula is C23H23N5O2. The number of pyridine rings is 1. The molecule has 2 aromatic heterocycles. The molecule has 7 heteroatoms. The molecule has 0 radical (unpaired) electrons. The molecule has 3 aromatic rings. The zero-order valence-electron chi connectivity index (χ0n) is 17.3. The number of nitrogens with zero attached hydrogens (tertiary/aromatic N) is 4.